The smallest absolute Gasteiger partial charge is 0.246 e. The van der Waals surface area contributed by atoms with Gasteiger partial charge in [-0.05, 0) is 55.5 Å². The van der Waals surface area contributed by atoms with Gasteiger partial charge in [-0.1, -0.05) is 50.6 Å². The minimum Gasteiger partial charge on any atom is -0.494 e. The Morgan fingerprint density at radius 1 is 1.12 bits per heavy atom. The lowest BCUT2D eigenvalue weighted by Crippen LogP contribution is -2.59. The summed E-state index contributed by atoms with van der Waals surface area (Å²) in [6.07, 6.45) is 1.34. The van der Waals surface area contributed by atoms with Gasteiger partial charge in [0.1, 0.15) is 17.4 Å². The molecule has 3 fully saturated rings. The van der Waals surface area contributed by atoms with E-state index in [0.717, 1.165) is 12.0 Å². The van der Waals surface area contributed by atoms with Crippen LogP contribution in [-0.4, -0.2) is 64.7 Å². The van der Waals surface area contributed by atoms with Gasteiger partial charge < -0.3 is 30.1 Å². The van der Waals surface area contributed by atoms with Gasteiger partial charge in [0.25, 0.3) is 0 Å². The third kappa shape index (κ3) is 4.86. The first-order valence-electron chi connectivity index (χ1n) is 14.3. The van der Waals surface area contributed by atoms with E-state index in [1.807, 2.05) is 51.1 Å². The molecule has 2 aromatic rings. The molecule has 1 spiro atoms. The summed E-state index contributed by atoms with van der Waals surface area (Å²) in [5.41, 5.74) is 0.410. The molecule has 9 nitrogen and oxygen atoms in total. The van der Waals surface area contributed by atoms with Gasteiger partial charge in [-0.25, -0.2) is 0 Å². The van der Waals surface area contributed by atoms with Crippen molar-refractivity contribution in [3.05, 3.63) is 60.2 Å². The van der Waals surface area contributed by atoms with E-state index in [1.54, 1.807) is 24.3 Å². The standard InChI is InChI=1S/C31H39N3O6/c1-4-19(3)23(18-35)34-27(29(37)32-17-20-9-7-6-8-10-20)31-16-15-24(40-31)25(26(31)30(34)38)28(36)33-21-11-13-22(14-12-21)39-5-2/h6-14,19,23-27,35H,4-5,15-18H2,1-3H3,(H,32,37)(H,33,36)/t19-,23-,24+,25-,26-,27?,31?/m0/s1. The number of carbonyl (C=O) groups is 3. The highest BCUT2D eigenvalue weighted by Crippen LogP contribution is 2.59. The molecular weight excluding hydrogens is 510 g/mol. The lowest BCUT2D eigenvalue weighted by atomic mass is 9.70. The van der Waals surface area contributed by atoms with E-state index in [4.69, 9.17) is 9.47 Å². The molecule has 2 bridgehead atoms. The van der Waals surface area contributed by atoms with Gasteiger partial charge in [0.05, 0.1) is 37.2 Å². The SMILES string of the molecule is CCOc1ccc(NC(=O)[C@@H]2[C@H]3C(=O)N([C@@H](CO)[C@@H](C)CC)C(C(=O)NCc4ccccc4)C34CC[C@H]2O4)cc1. The second-order valence-corrected chi connectivity index (χ2v) is 11.1. The first kappa shape index (κ1) is 28.1. The molecule has 0 aliphatic carbocycles. The molecule has 3 aliphatic heterocycles. The maximum atomic E-state index is 14.2. The Kier molecular flexibility index (Phi) is 8.14. The zero-order valence-electron chi connectivity index (χ0n) is 23.3. The van der Waals surface area contributed by atoms with Gasteiger partial charge in [-0.15, -0.1) is 0 Å². The molecule has 0 saturated carbocycles. The number of ether oxygens (including phenoxy) is 2. The van der Waals surface area contributed by atoms with Crippen LogP contribution in [0.4, 0.5) is 5.69 Å². The molecule has 3 amide bonds. The van der Waals surface area contributed by atoms with Gasteiger partial charge in [0.2, 0.25) is 17.7 Å². The third-order valence-electron chi connectivity index (χ3n) is 8.88. The normalized spacial score (nSPS) is 28.2. The summed E-state index contributed by atoms with van der Waals surface area (Å²) in [6.45, 7) is 6.43. The number of amides is 3. The summed E-state index contributed by atoms with van der Waals surface area (Å²) in [4.78, 5) is 43.3. The van der Waals surface area contributed by atoms with Crippen LogP contribution < -0.4 is 15.4 Å². The van der Waals surface area contributed by atoms with Crippen LogP contribution >= 0.6 is 0 Å². The highest BCUT2D eigenvalue weighted by molar-refractivity contribution is 6.02. The second kappa shape index (κ2) is 11.6. The summed E-state index contributed by atoms with van der Waals surface area (Å²) >= 11 is 0. The predicted molar refractivity (Wildman–Crippen MR) is 149 cm³/mol. The molecule has 0 radical (unpaired) electrons. The van der Waals surface area contributed by atoms with Crippen LogP contribution in [0.3, 0.4) is 0 Å². The maximum Gasteiger partial charge on any atom is 0.246 e. The second-order valence-electron chi connectivity index (χ2n) is 11.1. The fourth-order valence-electron chi connectivity index (χ4n) is 6.77. The fraction of sp³-hybridized carbons (Fsp3) is 0.516. The van der Waals surface area contributed by atoms with E-state index in [1.165, 1.54) is 4.90 Å². The van der Waals surface area contributed by atoms with Gasteiger partial charge in [-0.3, -0.25) is 14.4 Å². The third-order valence-corrected chi connectivity index (χ3v) is 8.88. The van der Waals surface area contributed by atoms with Crippen molar-refractivity contribution in [2.45, 2.75) is 70.4 Å². The molecular formula is C31H39N3O6. The molecule has 2 aromatic carbocycles. The number of fused-ring (bicyclic) bond motifs is 1. The average Bonchev–Trinajstić information content (AvgIpc) is 3.61. The molecule has 3 saturated heterocycles. The number of nitrogens with zero attached hydrogens (tertiary/aromatic N) is 1. The van der Waals surface area contributed by atoms with Crippen LogP contribution in [0.25, 0.3) is 0 Å². The fourth-order valence-corrected chi connectivity index (χ4v) is 6.77. The molecule has 7 atom stereocenters. The number of hydrogen-bond donors (Lipinski definition) is 3. The molecule has 0 aromatic heterocycles. The van der Waals surface area contributed by atoms with Crippen molar-refractivity contribution in [1.82, 2.24) is 10.2 Å². The Balaban J connectivity index is 1.44. The number of nitrogens with one attached hydrogen (secondary N) is 2. The Morgan fingerprint density at radius 2 is 1.85 bits per heavy atom. The van der Waals surface area contributed by atoms with Crippen molar-refractivity contribution in [1.29, 1.82) is 0 Å². The minimum absolute atomic E-state index is 0.0538. The number of aliphatic hydroxyl groups is 1. The highest BCUT2D eigenvalue weighted by atomic mass is 16.5. The number of benzene rings is 2. The van der Waals surface area contributed by atoms with Crippen molar-refractivity contribution >= 4 is 23.4 Å². The van der Waals surface area contributed by atoms with E-state index in [2.05, 4.69) is 10.6 Å². The van der Waals surface area contributed by atoms with Gasteiger partial charge >= 0.3 is 0 Å². The highest BCUT2D eigenvalue weighted by Gasteiger charge is 2.75. The molecule has 3 N–H and O–H groups in total. The largest absolute Gasteiger partial charge is 0.494 e. The van der Waals surface area contributed by atoms with Gasteiger partial charge in [0, 0.05) is 12.2 Å². The Morgan fingerprint density at radius 3 is 2.50 bits per heavy atom. The van der Waals surface area contributed by atoms with Crippen LogP contribution in [0.2, 0.25) is 0 Å². The van der Waals surface area contributed by atoms with E-state index in [-0.39, 0.29) is 30.2 Å². The summed E-state index contributed by atoms with van der Waals surface area (Å²) in [5, 5.41) is 16.4. The van der Waals surface area contributed by atoms with Crippen LogP contribution in [0.15, 0.2) is 54.6 Å². The van der Waals surface area contributed by atoms with Crippen LogP contribution in [-0.2, 0) is 25.7 Å². The van der Waals surface area contributed by atoms with Crippen LogP contribution in [0.5, 0.6) is 5.75 Å². The summed E-state index contributed by atoms with van der Waals surface area (Å²) in [7, 11) is 0. The van der Waals surface area contributed by atoms with Gasteiger partial charge in [-0.2, -0.15) is 0 Å². The van der Waals surface area contributed by atoms with E-state index < -0.39 is 35.6 Å². The molecule has 2 unspecified atom stereocenters. The van der Waals surface area contributed by atoms with E-state index in [0.29, 0.717) is 37.4 Å². The van der Waals surface area contributed by atoms with Crippen molar-refractivity contribution < 1.29 is 29.0 Å². The number of anilines is 1. The quantitative estimate of drug-likeness (QED) is 0.397. The lowest BCUT2D eigenvalue weighted by Gasteiger charge is -2.38. The Labute approximate surface area is 235 Å². The molecule has 5 rings (SSSR count). The zero-order valence-corrected chi connectivity index (χ0v) is 23.3. The predicted octanol–water partition coefficient (Wildman–Crippen LogP) is 3.12. The van der Waals surface area contributed by atoms with Crippen LogP contribution in [0.1, 0.15) is 45.6 Å². The molecule has 214 valence electrons. The minimum atomic E-state index is -1.12. The Bertz CT molecular complexity index is 1220. The average molecular weight is 550 g/mol. The number of hydrogen-bond acceptors (Lipinski definition) is 6. The first-order chi connectivity index (χ1) is 19.3. The molecule has 40 heavy (non-hydrogen) atoms. The van der Waals surface area contributed by atoms with Crippen molar-refractivity contribution in [2.75, 3.05) is 18.5 Å². The number of rotatable bonds is 11. The van der Waals surface area contributed by atoms with E-state index >= 15 is 0 Å². The summed E-state index contributed by atoms with van der Waals surface area (Å²) < 4.78 is 12.0. The number of aliphatic hydroxyl groups excluding tert-OH is 1. The van der Waals surface area contributed by atoms with Gasteiger partial charge in [0.15, 0.2) is 0 Å². The summed E-state index contributed by atoms with van der Waals surface area (Å²) in [6, 6.07) is 15.2. The summed E-state index contributed by atoms with van der Waals surface area (Å²) in [5.74, 6) is -1.82. The zero-order chi connectivity index (χ0) is 28.4. The van der Waals surface area contributed by atoms with Crippen molar-refractivity contribution in [2.24, 2.45) is 17.8 Å². The maximum absolute atomic E-state index is 14.2. The lowest BCUT2D eigenvalue weighted by molar-refractivity contribution is -0.146. The molecule has 3 aliphatic rings. The number of likely N-dealkylation sites (tertiary alicyclic amines) is 1. The van der Waals surface area contributed by atoms with Crippen molar-refractivity contribution in [3.63, 3.8) is 0 Å². The van der Waals surface area contributed by atoms with E-state index in [9.17, 15) is 19.5 Å². The monoisotopic (exact) mass is 549 g/mol. The first-order valence-corrected chi connectivity index (χ1v) is 14.3. The van der Waals surface area contributed by atoms with Crippen LogP contribution in [0, 0.1) is 17.8 Å². The topological polar surface area (TPSA) is 117 Å². The Hall–Kier alpha value is -3.43. The molecule has 9 heteroatoms. The molecule has 3 heterocycles. The van der Waals surface area contributed by atoms with Crippen molar-refractivity contribution in [3.8, 4) is 5.75 Å². The number of carbonyl (C=O) groups excluding carboxylic acids is 3.